The minimum Gasteiger partial charge on any atom is -0.336 e. The Balaban J connectivity index is 2.13. The maximum Gasteiger partial charge on any atom is 0.223 e. The molecular formula is C13H17NO. The maximum atomic E-state index is 11.7. The summed E-state index contributed by atoms with van der Waals surface area (Å²) in [7, 11) is 0. The van der Waals surface area contributed by atoms with Gasteiger partial charge in [-0.3, -0.25) is 4.79 Å². The van der Waals surface area contributed by atoms with Crippen LogP contribution in [0.1, 0.15) is 37.8 Å². The lowest BCUT2D eigenvalue weighted by Crippen LogP contribution is -2.37. The predicted molar refractivity (Wildman–Crippen MR) is 60.4 cm³/mol. The van der Waals surface area contributed by atoms with E-state index in [2.05, 4.69) is 19.1 Å². The number of rotatable bonds is 2. The molecule has 1 aromatic carbocycles. The standard InChI is InChI=1S/C13H17NO/c1-11(12-7-3-2-4-8-12)14-10-6-5-9-13(14)15/h2-4,7-8,11H,5-6,9-10H2,1H3/t11-/m0/s1. The number of carbonyl (C=O) groups excluding carboxylic acids is 1. The van der Waals surface area contributed by atoms with E-state index in [4.69, 9.17) is 0 Å². The molecule has 0 radical (unpaired) electrons. The van der Waals surface area contributed by atoms with Crippen LogP contribution >= 0.6 is 0 Å². The van der Waals surface area contributed by atoms with Gasteiger partial charge in [0, 0.05) is 13.0 Å². The van der Waals surface area contributed by atoms with Crippen molar-refractivity contribution in [2.45, 2.75) is 32.2 Å². The monoisotopic (exact) mass is 203 g/mol. The van der Waals surface area contributed by atoms with E-state index in [1.807, 2.05) is 23.1 Å². The minimum atomic E-state index is 0.221. The van der Waals surface area contributed by atoms with Crippen molar-refractivity contribution in [1.82, 2.24) is 4.90 Å². The van der Waals surface area contributed by atoms with Gasteiger partial charge in [0.05, 0.1) is 6.04 Å². The Morgan fingerprint density at radius 2 is 1.93 bits per heavy atom. The number of hydrogen-bond acceptors (Lipinski definition) is 1. The molecule has 1 heterocycles. The maximum absolute atomic E-state index is 11.7. The van der Waals surface area contributed by atoms with Crippen molar-refractivity contribution in [2.75, 3.05) is 6.54 Å². The first-order valence-corrected chi connectivity index (χ1v) is 5.63. The van der Waals surface area contributed by atoms with Gasteiger partial charge in [0.25, 0.3) is 0 Å². The quantitative estimate of drug-likeness (QED) is 0.723. The molecule has 0 aromatic heterocycles. The molecule has 1 fully saturated rings. The van der Waals surface area contributed by atoms with Crippen LogP contribution in [0.2, 0.25) is 0 Å². The fourth-order valence-electron chi connectivity index (χ4n) is 2.15. The number of hydrogen-bond donors (Lipinski definition) is 0. The van der Waals surface area contributed by atoms with Gasteiger partial charge in [0.1, 0.15) is 0 Å². The van der Waals surface area contributed by atoms with Gasteiger partial charge in [-0.25, -0.2) is 0 Å². The second-order valence-corrected chi connectivity index (χ2v) is 4.13. The summed E-state index contributed by atoms with van der Waals surface area (Å²) in [4.78, 5) is 13.7. The summed E-state index contributed by atoms with van der Waals surface area (Å²) in [5, 5.41) is 0. The predicted octanol–water partition coefficient (Wildman–Crippen LogP) is 2.76. The number of benzene rings is 1. The van der Waals surface area contributed by atoms with Crippen molar-refractivity contribution < 1.29 is 4.79 Å². The van der Waals surface area contributed by atoms with Crippen molar-refractivity contribution in [3.8, 4) is 0 Å². The third kappa shape index (κ3) is 2.20. The summed E-state index contributed by atoms with van der Waals surface area (Å²) < 4.78 is 0. The van der Waals surface area contributed by atoms with Crippen LogP contribution in [0.5, 0.6) is 0 Å². The van der Waals surface area contributed by atoms with E-state index in [0.717, 1.165) is 25.8 Å². The molecule has 0 unspecified atom stereocenters. The minimum absolute atomic E-state index is 0.221. The SMILES string of the molecule is C[C@@H](c1ccccc1)N1CCCCC1=O. The smallest absolute Gasteiger partial charge is 0.223 e. The zero-order valence-corrected chi connectivity index (χ0v) is 9.15. The van der Waals surface area contributed by atoms with Crippen LogP contribution < -0.4 is 0 Å². The molecule has 1 aliphatic heterocycles. The van der Waals surface area contributed by atoms with Gasteiger partial charge >= 0.3 is 0 Å². The van der Waals surface area contributed by atoms with Crippen molar-refractivity contribution in [3.63, 3.8) is 0 Å². The van der Waals surface area contributed by atoms with Crippen LogP contribution in [0.15, 0.2) is 30.3 Å². The van der Waals surface area contributed by atoms with E-state index >= 15 is 0 Å². The summed E-state index contributed by atoms with van der Waals surface area (Å²) in [5.41, 5.74) is 1.23. The summed E-state index contributed by atoms with van der Waals surface area (Å²) in [5.74, 6) is 0.303. The third-order valence-electron chi connectivity index (χ3n) is 3.11. The summed E-state index contributed by atoms with van der Waals surface area (Å²) in [6.45, 7) is 3.02. The van der Waals surface area contributed by atoms with Gasteiger partial charge in [-0.15, -0.1) is 0 Å². The van der Waals surface area contributed by atoms with Crippen molar-refractivity contribution in [2.24, 2.45) is 0 Å². The fourth-order valence-corrected chi connectivity index (χ4v) is 2.15. The molecule has 1 saturated heterocycles. The van der Waals surface area contributed by atoms with E-state index in [1.165, 1.54) is 5.56 Å². The topological polar surface area (TPSA) is 20.3 Å². The zero-order valence-electron chi connectivity index (χ0n) is 9.15. The Labute approximate surface area is 90.9 Å². The van der Waals surface area contributed by atoms with Crippen LogP contribution in [-0.4, -0.2) is 17.4 Å². The van der Waals surface area contributed by atoms with E-state index in [-0.39, 0.29) is 6.04 Å². The second-order valence-electron chi connectivity index (χ2n) is 4.13. The number of piperidine rings is 1. The average molecular weight is 203 g/mol. The van der Waals surface area contributed by atoms with Crippen molar-refractivity contribution in [3.05, 3.63) is 35.9 Å². The van der Waals surface area contributed by atoms with Crippen LogP contribution in [0.4, 0.5) is 0 Å². The van der Waals surface area contributed by atoms with Crippen molar-refractivity contribution >= 4 is 5.91 Å². The first kappa shape index (κ1) is 10.2. The Bertz CT molecular complexity index is 334. The molecule has 0 spiro atoms. The normalized spacial score (nSPS) is 19.0. The highest BCUT2D eigenvalue weighted by molar-refractivity contribution is 5.77. The molecule has 80 valence electrons. The van der Waals surface area contributed by atoms with Crippen LogP contribution in [0, 0.1) is 0 Å². The highest BCUT2D eigenvalue weighted by Crippen LogP contribution is 2.24. The molecule has 1 amide bonds. The lowest BCUT2D eigenvalue weighted by atomic mass is 10.0. The largest absolute Gasteiger partial charge is 0.336 e. The van der Waals surface area contributed by atoms with Gasteiger partial charge in [0.15, 0.2) is 0 Å². The first-order chi connectivity index (χ1) is 7.29. The molecule has 2 nitrogen and oxygen atoms in total. The second kappa shape index (κ2) is 4.47. The summed E-state index contributed by atoms with van der Waals surface area (Å²) >= 11 is 0. The Kier molecular flexibility index (Phi) is 3.05. The highest BCUT2D eigenvalue weighted by atomic mass is 16.2. The zero-order chi connectivity index (χ0) is 10.7. The molecule has 1 atom stereocenters. The molecule has 1 aliphatic rings. The summed E-state index contributed by atoms with van der Waals surface area (Å²) in [6.07, 6.45) is 2.91. The van der Waals surface area contributed by atoms with Gasteiger partial charge in [0.2, 0.25) is 5.91 Å². The fraction of sp³-hybridized carbons (Fsp3) is 0.462. The number of carbonyl (C=O) groups is 1. The van der Waals surface area contributed by atoms with E-state index in [0.29, 0.717) is 5.91 Å². The van der Waals surface area contributed by atoms with Gasteiger partial charge in [-0.2, -0.15) is 0 Å². The molecule has 0 saturated carbocycles. The lowest BCUT2D eigenvalue weighted by Gasteiger charge is -2.32. The molecule has 0 N–H and O–H groups in total. The van der Waals surface area contributed by atoms with Gasteiger partial charge < -0.3 is 4.90 Å². The Hall–Kier alpha value is -1.31. The highest BCUT2D eigenvalue weighted by Gasteiger charge is 2.23. The Morgan fingerprint density at radius 1 is 1.20 bits per heavy atom. The molecule has 0 aliphatic carbocycles. The van der Waals surface area contributed by atoms with Gasteiger partial charge in [-0.1, -0.05) is 30.3 Å². The molecular weight excluding hydrogens is 186 g/mol. The molecule has 0 bridgehead atoms. The number of likely N-dealkylation sites (tertiary alicyclic amines) is 1. The molecule has 15 heavy (non-hydrogen) atoms. The van der Waals surface area contributed by atoms with Gasteiger partial charge in [-0.05, 0) is 25.3 Å². The van der Waals surface area contributed by atoms with Crippen molar-refractivity contribution in [1.29, 1.82) is 0 Å². The third-order valence-corrected chi connectivity index (χ3v) is 3.11. The van der Waals surface area contributed by atoms with E-state index < -0.39 is 0 Å². The van der Waals surface area contributed by atoms with Crippen LogP contribution in [0.25, 0.3) is 0 Å². The number of amides is 1. The van der Waals surface area contributed by atoms with Crippen LogP contribution in [0.3, 0.4) is 0 Å². The Morgan fingerprint density at radius 3 is 2.60 bits per heavy atom. The number of nitrogens with zero attached hydrogens (tertiary/aromatic N) is 1. The molecule has 2 rings (SSSR count). The van der Waals surface area contributed by atoms with Crippen LogP contribution in [-0.2, 0) is 4.79 Å². The average Bonchev–Trinajstić information content (AvgIpc) is 2.30. The molecule has 2 heteroatoms. The summed E-state index contributed by atoms with van der Waals surface area (Å²) in [6, 6.07) is 10.5. The molecule has 1 aromatic rings. The van der Waals surface area contributed by atoms with E-state index in [9.17, 15) is 4.79 Å². The van der Waals surface area contributed by atoms with E-state index in [1.54, 1.807) is 0 Å². The first-order valence-electron chi connectivity index (χ1n) is 5.63. The lowest BCUT2D eigenvalue weighted by molar-refractivity contribution is -0.135.